The maximum Gasteiger partial charge on any atom is 0.253 e. The number of amides is 1. The molecular formula is C21H35IN4O2. The number of hydrogen-bond donors (Lipinski definition) is 2. The van der Waals surface area contributed by atoms with Crippen LogP contribution in [0.3, 0.4) is 0 Å². The standard InChI is InChI=1S/C21H34N4O2.HI/c1-22-21(23-13-7-15-27-19-10-4-5-11-19)24-14-12-17-8-6-9-18(16-17)20(26)25(2)3;/h6,8-9,16,19H,4-5,7,10-15H2,1-3H3,(H2,22,23,24);1H. The van der Waals surface area contributed by atoms with Crippen molar-refractivity contribution in [1.29, 1.82) is 0 Å². The minimum Gasteiger partial charge on any atom is -0.378 e. The van der Waals surface area contributed by atoms with Crippen molar-refractivity contribution < 1.29 is 9.53 Å². The third kappa shape index (κ3) is 8.77. The van der Waals surface area contributed by atoms with Gasteiger partial charge in [-0.15, -0.1) is 24.0 Å². The second-order valence-electron chi connectivity index (χ2n) is 7.21. The first-order valence-electron chi connectivity index (χ1n) is 9.97. The summed E-state index contributed by atoms with van der Waals surface area (Å²) in [7, 11) is 5.32. The van der Waals surface area contributed by atoms with Crippen LogP contribution in [0.1, 0.15) is 48.0 Å². The van der Waals surface area contributed by atoms with Gasteiger partial charge in [0.2, 0.25) is 0 Å². The van der Waals surface area contributed by atoms with Crippen molar-refractivity contribution in [2.24, 2.45) is 4.99 Å². The fourth-order valence-electron chi connectivity index (χ4n) is 3.25. The molecule has 7 heteroatoms. The zero-order valence-corrected chi connectivity index (χ0v) is 19.7. The van der Waals surface area contributed by atoms with Crippen molar-refractivity contribution in [1.82, 2.24) is 15.5 Å². The lowest BCUT2D eigenvalue weighted by Crippen LogP contribution is -2.39. The number of hydrogen-bond acceptors (Lipinski definition) is 3. The highest BCUT2D eigenvalue weighted by molar-refractivity contribution is 14.0. The van der Waals surface area contributed by atoms with Gasteiger partial charge >= 0.3 is 0 Å². The number of benzene rings is 1. The molecule has 1 amide bonds. The number of carbonyl (C=O) groups is 1. The van der Waals surface area contributed by atoms with E-state index in [0.717, 1.165) is 49.6 Å². The molecule has 0 spiro atoms. The van der Waals surface area contributed by atoms with Gasteiger partial charge in [-0.1, -0.05) is 25.0 Å². The molecule has 28 heavy (non-hydrogen) atoms. The van der Waals surface area contributed by atoms with Crippen molar-refractivity contribution in [3.63, 3.8) is 0 Å². The van der Waals surface area contributed by atoms with Crippen molar-refractivity contribution in [2.45, 2.75) is 44.6 Å². The number of carbonyl (C=O) groups excluding carboxylic acids is 1. The van der Waals surface area contributed by atoms with Gasteiger partial charge < -0.3 is 20.3 Å². The summed E-state index contributed by atoms with van der Waals surface area (Å²) in [4.78, 5) is 17.9. The molecule has 1 aromatic carbocycles. The zero-order chi connectivity index (χ0) is 19.5. The van der Waals surface area contributed by atoms with Crippen LogP contribution in [0.4, 0.5) is 0 Å². The van der Waals surface area contributed by atoms with Crippen molar-refractivity contribution in [2.75, 3.05) is 40.8 Å². The summed E-state index contributed by atoms with van der Waals surface area (Å²) in [5.41, 5.74) is 1.86. The monoisotopic (exact) mass is 502 g/mol. The maximum absolute atomic E-state index is 12.1. The van der Waals surface area contributed by atoms with E-state index >= 15 is 0 Å². The molecule has 1 fully saturated rings. The van der Waals surface area contributed by atoms with Crippen LogP contribution in [-0.4, -0.2) is 63.7 Å². The van der Waals surface area contributed by atoms with Crippen LogP contribution in [-0.2, 0) is 11.2 Å². The zero-order valence-electron chi connectivity index (χ0n) is 17.4. The fraction of sp³-hybridized carbons (Fsp3) is 0.619. The third-order valence-electron chi connectivity index (χ3n) is 4.78. The van der Waals surface area contributed by atoms with Crippen LogP contribution in [0.5, 0.6) is 0 Å². The quantitative estimate of drug-likeness (QED) is 0.236. The van der Waals surface area contributed by atoms with Crippen LogP contribution >= 0.6 is 24.0 Å². The maximum atomic E-state index is 12.1. The van der Waals surface area contributed by atoms with Crippen LogP contribution in [0, 0.1) is 0 Å². The number of ether oxygens (including phenoxy) is 1. The highest BCUT2D eigenvalue weighted by atomic mass is 127. The van der Waals surface area contributed by atoms with E-state index in [4.69, 9.17) is 4.74 Å². The van der Waals surface area contributed by atoms with Crippen LogP contribution in [0.15, 0.2) is 29.3 Å². The molecule has 2 N–H and O–H groups in total. The minimum atomic E-state index is 0. The van der Waals surface area contributed by atoms with Gasteiger partial charge in [0, 0.05) is 46.4 Å². The molecule has 0 radical (unpaired) electrons. The smallest absolute Gasteiger partial charge is 0.253 e. The highest BCUT2D eigenvalue weighted by Crippen LogP contribution is 2.20. The molecule has 1 aliphatic rings. The van der Waals surface area contributed by atoms with Gasteiger partial charge in [0.1, 0.15) is 0 Å². The molecule has 0 aliphatic heterocycles. The Morgan fingerprint density at radius 3 is 2.61 bits per heavy atom. The summed E-state index contributed by atoms with van der Waals surface area (Å²) in [5, 5.41) is 6.65. The number of halogens is 1. The lowest BCUT2D eigenvalue weighted by atomic mass is 10.1. The summed E-state index contributed by atoms with van der Waals surface area (Å²) in [6.45, 7) is 2.42. The molecule has 0 unspecified atom stereocenters. The molecule has 1 aromatic rings. The van der Waals surface area contributed by atoms with Gasteiger partial charge in [-0.2, -0.15) is 0 Å². The lowest BCUT2D eigenvalue weighted by Gasteiger charge is -2.14. The molecule has 6 nitrogen and oxygen atoms in total. The molecule has 0 saturated heterocycles. The molecule has 0 atom stereocenters. The number of aliphatic imine (C=N–C) groups is 1. The summed E-state index contributed by atoms with van der Waals surface area (Å²) in [5.74, 6) is 0.832. The van der Waals surface area contributed by atoms with Gasteiger partial charge in [-0.25, -0.2) is 0 Å². The largest absolute Gasteiger partial charge is 0.378 e. The predicted octanol–water partition coefficient (Wildman–Crippen LogP) is 3.06. The Bertz CT molecular complexity index is 616. The first-order chi connectivity index (χ1) is 13.1. The van der Waals surface area contributed by atoms with E-state index in [-0.39, 0.29) is 29.9 Å². The Hall–Kier alpha value is -1.35. The summed E-state index contributed by atoms with van der Waals surface area (Å²) < 4.78 is 5.87. The topological polar surface area (TPSA) is 66.0 Å². The van der Waals surface area contributed by atoms with Gasteiger partial charge in [0.25, 0.3) is 5.91 Å². The molecule has 1 saturated carbocycles. The van der Waals surface area contributed by atoms with Gasteiger partial charge in [0.15, 0.2) is 5.96 Å². The van der Waals surface area contributed by atoms with Crippen LogP contribution < -0.4 is 10.6 Å². The van der Waals surface area contributed by atoms with E-state index in [0.29, 0.717) is 6.10 Å². The molecule has 158 valence electrons. The third-order valence-corrected chi connectivity index (χ3v) is 4.78. The number of nitrogens with one attached hydrogen (secondary N) is 2. The summed E-state index contributed by atoms with van der Waals surface area (Å²) >= 11 is 0. The minimum absolute atomic E-state index is 0. The van der Waals surface area contributed by atoms with Crippen molar-refractivity contribution in [3.8, 4) is 0 Å². The van der Waals surface area contributed by atoms with Crippen LogP contribution in [0.2, 0.25) is 0 Å². The number of guanidine groups is 1. The van der Waals surface area contributed by atoms with E-state index in [1.54, 1.807) is 26.0 Å². The normalized spacial score (nSPS) is 14.5. The average Bonchev–Trinajstić information content (AvgIpc) is 3.19. The number of nitrogens with zero attached hydrogens (tertiary/aromatic N) is 2. The Morgan fingerprint density at radius 1 is 1.21 bits per heavy atom. The Kier molecular flexibility index (Phi) is 12.1. The van der Waals surface area contributed by atoms with Gasteiger partial charge in [-0.05, 0) is 43.4 Å². The van der Waals surface area contributed by atoms with Crippen molar-refractivity contribution >= 4 is 35.8 Å². The number of rotatable bonds is 9. The second-order valence-corrected chi connectivity index (χ2v) is 7.21. The molecule has 0 heterocycles. The van der Waals surface area contributed by atoms with E-state index in [2.05, 4.69) is 15.6 Å². The summed E-state index contributed by atoms with van der Waals surface area (Å²) in [6.07, 6.45) is 7.36. The van der Waals surface area contributed by atoms with Gasteiger partial charge in [0.05, 0.1) is 6.10 Å². The molecule has 0 aromatic heterocycles. The first kappa shape index (κ1) is 24.7. The Balaban J connectivity index is 0.00000392. The molecule has 0 bridgehead atoms. The average molecular weight is 502 g/mol. The Morgan fingerprint density at radius 2 is 1.93 bits per heavy atom. The highest BCUT2D eigenvalue weighted by Gasteiger charge is 2.14. The second kappa shape index (κ2) is 13.8. The SMILES string of the molecule is CN=C(NCCCOC1CCCC1)NCCc1cccc(C(=O)N(C)C)c1.I. The molecule has 1 aliphatic carbocycles. The first-order valence-corrected chi connectivity index (χ1v) is 9.97. The molecule has 2 rings (SSSR count). The fourth-order valence-corrected chi connectivity index (χ4v) is 3.25. The lowest BCUT2D eigenvalue weighted by molar-refractivity contribution is 0.0574. The van der Waals surface area contributed by atoms with E-state index in [1.165, 1.54) is 25.7 Å². The summed E-state index contributed by atoms with van der Waals surface area (Å²) in [6, 6.07) is 7.79. The van der Waals surface area contributed by atoms with E-state index in [1.807, 2.05) is 24.3 Å². The molecular weight excluding hydrogens is 467 g/mol. The van der Waals surface area contributed by atoms with Crippen molar-refractivity contribution in [3.05, 3.63) is 35.4 Å². The van der Waals surface area contributed by atoms with Gasteiger partial charge in [-0.3, -0.25) is 9.79 Å². The van der Waals surface area contributed by atoms with Crippen LogP contribution in [0.25, 0.3) is 0 Å². The van der Waals surface area contributed by atoms with E-state index < -0.39 is 0 Å². The Labute approximate surface area is 186 Å². The van der Waals surface area contributed by atoms with E-state index in [9.17, 15) is 4.79 Å². The predicted molar refractivity (Wildman–Crippen MR) is 126 cm³/mol.